The van der Waals surface area contributed by atoms with Gasteiger partial charge in [-0.15, -0.1) is 0 Å². The molecule has 112 valence electrons. The van der Waals surface area contributed by atoms with Crippen molar-refractivity contribution in [3.63, 3.8) is 0 Å². The molecule has 1 heterocycles. The molecular formula is C10H13F2N3O5. The number of halogens is 2. The summed E-state index contributed by atoms with van der Waals surface area (Å²) in [4.78, 5) is 26.1. The summed E-state index contributed by atoms with van der Waals surface area (Å²) in [6.07, 6.45) is -4.36. The lowest BCUT2D eigenvalue weighted by Crippen LogP contribution is -2.53. The number of nitrogens with two attached hydrogens (primary N) is 1. The third kappa shape index (κ3) is 2.81. The minimum atomic E-state index is -4.49. The topological polar surface area (TPSA) is 139 Å². The van der Waals surface area contributed by atoms with E-state index in [1.807, 2.05) is 0 Å². The smallest absolute Gasteiger partial charge is 0.356 e. The van der Waals surface area contributed by atoms with Gasteiger partial charge in [0, 0.05) is 11.8 Å². The molecule has 10 heteroatoms. The number of aliphatic hydroxyl groups excluding tert-OH is 3. The molecule has 0 aromatic carbocycles. The fourth-order valence-electron chi connectivity index (χ4n) is 1.33. The largest absolute Gasteiger partial charge is 0.394 e. The van der Waals surface area contributed by atoms with Gasteiger partial charge in [-0.3, -0.25) is 4.79 Å². The molecule has 0 bridgehead atoms. The third-order valence-corrected chi connectivity index (χ3v) is 2.58. The van der Waals surface area contributed by atoms with Crippen molar-refractivity contribution in [3.05, 3.63) is 22.2 Å². The molecule has 5 N–H and O–H groups in total. The van der Waals surface area contributed by atoms with Crippen molar-refractivity contribution in [2.24, 2.45) is 0 Å². The summed E-state index contributed by atoms with van der Waals surface area (Å²) in [6.45, 7) is 0.153. The van der Waals surface area contributed by atoms with Gasteiger partial charge in [-0.2, -0.15) is 13.8 Å². The molecule has 1 rings (SSSR count). The fourth-order valence-corrected chi connectivity index (χ4v) is 1.33. The first-order valence-electron chi connectivity index (χ1n) is 5.38. The van der Waals surface area contributed by atoms with Gasteiger partial charge < -0.3 is 21.1 Å². The van der Waals surface area contributed by atoms with Gasteiger partial charge in [0.15, 0.2) is 6.10 Å². The molecule has 0 saturated carbocycles. The van der Waals surface area contributed by atoms with Gasteiger partial charge in [0.2, 0.25) is 0 Å². The molecule has 8 nitrogen and oxygen atoms in total. The zero-order chi connectivity index (χ0) is 15.7. The molecule has 0 spiro atoms. The van der Waals surface area contributed by atoms with E-state index >= 15 is 0 Å². The molecule has 0 aliphatic rings. The third-order valence-electron chi connectivity index (χ3n) is 2.58. The minimum absolute atomic E-state index is 0.0149. The molecule has 0 unspecified atom stereocenters. The van der Waals surface area contributed by atoms with Crippen LogP contribution in [-0.4, -0.2) is 55.5 Å². The van der Waals surface area contributed by atoms with Gasteiger partial charge in [-0.1, -0.05) is 0 Å². The van der Waals surface area contributed by atoms with Crippen LogP contribution < -0.4 is 11.4 Å². The number of anilines is 1. The number of aromatic nitrogens is 2. The van der Waals surface area contributed by atoms with E-state index in [1.165, 1.54) is 6.92 Å². The van der Waals surface area contributed by atoms with Gasteiger partial charge in [0.05, 0.1) is 6.61 Å². The Morgan fingerprint density at radius 3 is 2.60 bits per heavy atom. The van der Waals surface area contributed by atoms with E-state index in [-0.39, 0.29) is 15.9 Å². The molecule has 0 radical (unpaired) electrons. The number of nitrogen functional groups attached to an aromatic ring is 1. The molecule has 0 amide bonds. The SMILES string of the molecule is Cc1cn(C(=O)C(F)(F)[C@H](O)[C@@H](O)CO)c(=O)nc1N. The van der Waals surface area contributed by atoms with Gasteiger partial charge in [0.25, 0.3) is 0 Å². The maximum Gasteiger partial charge on any atom is 0.356 e. The maximum absolute atomic E-state index is 13.7. The van der Waals surface area contributed by atoms with Crippen molar-refractivity contribution in [1.82, 2.24) is 9.55 Å². The number of aliphatic hydroxyl groups is 3. The Labute approximate surface area is 111 Å². The highest BCUT2D eigenvalue weighted by Gasteiger charge is 2.51. The van der Waals surface area contributed by atoms with E-state index in [9.17, 15) is 18.4 Å². The van der Waals surface area contributed by atoms with Crippen LogP contribution in [0.2, 0.25) is 0 Å². The van der Waals surface area contributed by atoms with Crippen LogP contribution in [0.15, 0.2) is 11.0 Å². The number of hydrogen-bond donors (Lipinski definition) is 4. The monoisotopic (exact) mass is 293 g/mol. The van der Waals surface area contributed by atoms with E-state index in [1.54, 1.807) is 0 Å². The van der Waals surface area contributed by atoms with Crippen LogP contribution in [0.3, 0.4) is 0 Å². The minimum Gasteiger partial charge on any atom is -0.394 e. The summed E-state index contributed by atoms with van der Waals surface area (Å²) >= 11 is 0. The molecule has 2 atom stereocenters. The first-order valence-corrected chi connectivity index (χ1v) is 5.38. The predicted molar refractivity (Wildman–Crippen MR) is 62.3 cm³/mol. The van der Waals surface area contributed by atoms with E-state index in [0.29, 0.717) is 0 Å². The van der Waals surface area contributed by atoms with Crippen molar-refractivity contribution in [2.75, 3.05) is 12.3 Å². The predicted octanol–water partition coefficient (Wildman–Crippen LogP) is -1.88. The summed E-state index contributed by atoms with van der Waals surface area (Å²) in [5.74, 6) is -6.80. The zero-order valence-electron chi connectivity index (χ0n) is 10.3. The van der Waals surface area contributed by atoms with Crippen LogP contribution >= 0.6 is 0 Å². The molecule has 0 saturated heterocycles. The first kappa shape index (κ1) is 16.1. The van der Waals surface area contributed by atoms with Crippen LogP contribution in [0.5, 0.6) is 0 Å². The molecule has 0 aliphatic heterocycles. The Balaban J connectivity index is 3.24. The van der Waals surface area contributed by atoms with Crippen molar-refractivity contribution >= 4 is 11.7 Å². The van der Waals surface area contributed by atoms with Crippen molar-refractivity contribution < 1.29 is 28.9 Å². The highest BCUT2D eigenvalue weighted by atomic mass is 19.3. The zero-order valence-corrected chi connectivity index (χ0v) is 10.3. The van der Waals surface area contributed by atoms with Crippen LogP contribution in [0, 0.1) is 6.92 Å². The molecule has 0 fully saturated rings. The van der Waals surface area contributed by atoms with Crippen LogP contribution in [0.4, 0.5) is 14.6 Å². The fraction of sp³-hybridized carbons (Fsp3) is 0.500. The lowest BCUT2D eigenvalue weighted by Gasteiger charge is -2.24. The van der Waals surface area contributed by atoms with Crippen molar-refractivity contribution in [3.8, 4) is 0 Å². The quantitative estimate of drug-likeness (QED) is 0.509. The molecule has 0 aliphatic carbocycles. The Morgan fingerprint density at radius 2 is 2.10 bits per heavy atom. The van der Waals surface area contributed by atoms with E-state index < -0.39 is 36.3 Å². The Morgan fingerprint density at radius 1 is 1.55 bits per heavy atom. The molecule has 20 heavy (non-hydrogen) atoms. The molecular weight excluding hydrogens is 280 g/mol. The number of aryl methyl sites for hydroxylation is 1. The number of carbonyl (C=O) groups is 1. The highest BCUT2D eigenvalue weighted by molar-refractivity contribution is 5.86. The molecule has 1 aromatic heterocycles. The lowest BCUT2D eigenvalue weighted by atomic mass is 10.1. The summed E-state index contributed by atoms with van der Waals surface area (Å²) in [7, 11) is 0. The Bertz CT molecular complexity index is 575. The second kappa shape index (κ2) is 5.61. The van der Waals surface area contributed by atoms with E-state index in [4.69, 9.17) is 21.1 Å². The van der Waals surface area contributed by atoms with E-state index in [2.05, 4.69) is 4.98 Å². The Kier molecular flexibility index (Phi) is 4.53. The number of nitrogens with zero attached hydrogens (tertiary/aromatic N) is 2. The average molecular weight is 293 g/mol. The highest BCUT2D eigenvalue weighted by Crippen LogP contribution is 2.23. The van der Waals surface area contributed by atoms with Crippen molar-refractivity contribution in [1.29, 1.82) is 0 Å². The van der Waals surface area contributed by atoms with Crippen LogP contribution in [-0.2, 0) is 0 Å². The maximum atomic E-state index is 13.7. The normalized spacial score (nSPS) is 14.9. The number of rotatable bonds is 4. The van der Waals surface area contributed by atoms with Crippen molar-refractivity contribution in [2.45, 2.75) is 25.1 Å². The second-order valence-corrected chi connectivity index (χ2v) is 4.08. The number of hydrogen-bond acceptors (Lipinski definition) is 7. The van der Waals surface area contributed by atoms with Gasteiger partial charge >= 0.3 is 17.5 Å². The van der Waals surface area contributed by atoms with Crippen LogP contribution in [0.25, 0.3) is 0 Å². The second-order valence-electron chi connectivity index (χ2n) is 4.08. The molecule has 1 aromatic rings. The van der Waals surface area contributed by atoms with E-state index in [0.717, 1.165) is 6.20 Å². The Hall–Kier alpha value is -1.91. The number of alkyl halides is 2. The van der Waals surface area contributed by atoms with Gasteiger partial charge in [-0.25, -0.2) is 9.36 Å². The van der Waals surface area contributed by atoms with Gasteiger partial charge in [-0.05, 0) is 6.92 Å². The first-order chi connectivity index (χ1) is 9.12. The summed E-state index contributed by atoms with van der Waals surface area (Å²) in [5, 5.41) is 26.6. The average Bonchev–Trinajstić information content (AvgIpc) is 2.40. The lowest BCUT2D eigenvalue weighted by molar-refractivity contribution is -0.136. The summed E-state index contributed by atoms with van der Waals surface area (Å²) in [6, 6.07) is 0. The summed E-state index contributed by atoms with van der Waals surface area (Å²) < 4.78 is 27.3. The van der Waals surface area contributed by atoms with Gasteiger partial charge in [0.1, 0.15) is 11.9 Å². The van der Waals surface area contributed by atoms with Crippen LogP contribution in [0.1, 0.15) is 10.4 Å². The summed E-state index contributed by atoms with van der Waals surface area (Å²) in [5.41, 5.74) is 4.04. The number of carbonyl (C=O) groups excluding carboxylic acids is 1. The standard InChI is InChI=1S/C10H13F2N3O5/c1-4-2-15(9(20)14-7(4)13)8(19)10(11,12)6(18)5(17)3-16/h2,5-6,16-18H,3H2,1H3,(H2,13,14,20)/t5-,6+/m0/s1.